The van der Waals surface area contributed by atoms with E-state index in [1.165, 1.54) is 11.8 Å². The first kappa shape index (κ1) is 20.4. The molecule has 1 fully saturated rings. The molecule has 0 bridgehead atoms. The number of anilines is 2. The van der Waals surface area contributed by atoms with Crippen LogP contribution in [0.4, 0.5) is 11.4 Å². The van der Waals surface area contributed by atoms with Gasteiger partial charge in [-0.1, -0.05) is 30.3 Å². The fraction of sp³-hybridized carbons (Fsp3) is 0.208. The van der Waals surface area contributed by atoms with Gasteiger partial charge < -0.3 is 20.6 Å². The van der Waals surface area contributed by atoms with E-state index in [2.05, 4.69) is 10.6 Å². The number of phenols is 1. The summed E-state index contributed by atoms with van der Waals surface area (Å²) in [7, 11) is 0. The molecule has 0 spiro atoms. The van der Waals surface area contributed by atoms with Crippen molar-refractivity contribution in [3.05, 3.63) is 66.2 Å². The number of hydrogen-bond acceptors (Lipinski definition) is 4. The lowest BCUT2D eigenvalue weighted by Gasteiger charge is -2.24. The second kappa shape index (κ2) is 8.47. The van der Waals surface area contributed by atoms with E-state index in [9.17, 15) is 19.5 Å². The lowest BCUT2D eigenvalue weighted by atomic mass is 10.0. The number of fused-ring (bicyclic) bond motifs is 1. The van der Waals surface area contributed by atoms with Crippen LogP contribution in [0.3, 0.4) is 0 Å². The summed E-state index contributed by atoms with van der Waals surface area (Å²) >= 11 is 0. The van der Waals surface area contributed by atoms with Crippen LogP contribution in [0, 0.1) is 0 Å². The lowest BCUT2D eigenvalue weighted by molar-refractivity contribution is -0.119. The highest BCUT2D eigenvalue weighted by Gasteiger charge is 2.35. The monoisotopic (exact) mass is 417 g/mol. The molecule has 1 saturated heterocycles. The second-order valence-electron chi connectivity index (χ2n) is 7.59. The number of rotatable bonds is 4. The molecule has 158 valence electrons. The Labute approximate surface area is 179 Å². The molecule has 1 aliphatic rings. The summed E-state index contributed by atoms with van der Waals surface area (Å²) in [6.07, 6.45) is 1.26. The average Bonchev–Trinajstić information content (AvgIpc) is 3.25. The third-order valence-corrected chi connectivity index (χ3v) is 5.42. The van der Waals surface area contributed by atoms with Gasteiger partial charge in [-0.3, -0.25) is 14.4 Å². The number of benzene rings is 3. The van der Waals surface area contributed by atoms with Crippen molar-refractivity contribution in [1.82, 2.24) is 4.90 Å². The van der Waals surface area contributed by atoms with Crippen LogP contribution in [0.15, 0.2) is 60.7 Å². The number of hydrogen-bond donors (Lipinski definition) is 3. The molecular weight excluding hydrogens is 394 g/mol. The van der Waals surface area contributed by atoms with Crippen LogP contribution in [0.5, 0.6) is 5.75 Å². The number of nitrogens with one attached hydrogen (secondary N) is 2. The third kappa shape index (κ3) is 4.21. The van der Waals surface area contributed by atoms with E-state index >= 15 is 0 Å². The quantitative estimate of drug-likeness (QED) is 0.602. The van der Waals surface area contributed by atoms with E-state index in [0.717, 1.165) is 5.39 Å². The topological polar surface area (TPSA) is 98.7 Å². The molecule has 0 aliphatic carbocycles. The van der Waals surface area contributed by atoms with Crippen molar-refractivity contribution in [2.45, 2.75) is 25.8 Å². The number of likely N-dealkylation sites (tertiary alicyclic amines) is 1. The van der Waals surface area contributed by atoms with Crippen LogP contribution in [0.2, 0.25) is 0 Å². The van der Waals surface area contributed by atoms with Crippen molar-refractivity contribution in [1.29, 1.82) is 0 Å². The summed E-state index contributed by atoms with van der Waals surface area (Å²) in [6.45, 7) is 1.87. The molecule has 3 aromatic carbocycles. The normalized spacial score (nSPS) is 15.6. The first-order chi connectivity index (χ1) is 14.9. The Morgan fingerprint density at radius 2 is 1.61 bits per heavy atom. The Balaban J connectivity index is 1.51. The van der Waals surface area contributed by atoms with Crippen molar-refractivity contribution in [3.8, 4) is 5.75 Å². The van der Waals surface area contributed by atoms with Gasteiger partial charge in [-0.25, -0.2) is 0 Å². The van der Waals surface area contributed by atoms with Crippen molar-refractivity contribution in [3.63, 3.8) is 0 Å². The Morgan fingerprint density at radius 3 is 2.32 bits per heavy atom. The van der Waals surface area contributed by atoms with Gasteiger partial charge in [-0.15, -0.1) is 0 Å². The van der Waals surface area contributed by atoms with E-state index in [1.807, 2.05) is 12.1 Å². The van der Waals surface area contributed by atoms with E-state index in [0.29, 0.717) is 36.1 Å². The zero-order valence-corrected chi connectivity index (χ0v) is 17.1. The van der Waals surface area contributed by atoms with Gasteiger partial charge in [-0.2, -0.15) is 0 Å². The van der Waals surface area contributed by atoms with E-state index < -0.39 is 6.04 Å². The van der Waals surface area contributed by atoms with Crippen LogP contribution in [-0.4, -0.2) is 40.3 Å². The lowest BCUT2D eigenvalue weighted by Crippen LogP contribution is -2.43. The second-order valence-corrected chi connectivity index (χ2v) is 7.59. The molecule has 1 unspecified atom stereocenters. The van der Waals surface area contributed by atoms with Crippen molar-refractivity contribution in [2.24, 2.45) is 0 Å². The van der Waals surface area contributed by atoms with Crippen LogP contribution < -0.4 is 10.6 Å². The maximum Gasteiger partial charge on any atom is 0.258 e. The van der Waals surface area contributed by atoms with Gasteiger partial charge >= 0.3 is 0 Å². The highest BCUT2D eigenvalue weighted by molar-refractivity contribution is 6.06. The fourth-order valence-corrected chi connectivity index (χ4v) is 3.93. The standard InChI is InChI=1S/C24H23N3O4/c1-15(28)25-17-9-11-18(12-10-17)26-23(30)21-7-4-14-27(21)24(31)20-13-8-16-5-2-3-6-19(16)22(20)29/h2-3,5-6,8-13,21,29H,4,7,14H2,1H3,(H,25,28)(H,26,30). The SMILES string of the molecule is CC(=O)Nc1ccc(NC(=O)C2CCCN2C(=O)c2ccc3ccccc3c2O)cc1. The minimum absolute atomic E-state index is 0.0669. The highest BCUT2D eigenvalue weighted by atomic mass is 16.3. The number of phenolic OH excluding ortho intramolecular Hbond substituents is 1. The number of aromatic hydroxyl groups is 1. The van der Waals surface area contributed by atoms with Crippen LogP contribution >= 0.6 is 0 Å². The van der Waals surface area contributed by atoms with Crippen LogP contribution in [-0.2, 0) is 9.59 Å². The van der Waals surface area contributed by atoms with Gasteiger partial charge in [0.2, 0.25) is 11.8 Å². The van der Waals surface area contributed by atoms with Crippen LogP contribution in [0.25, 0.3) is 10.8 Å². The first-order valence-electron chi connectivity index (χ1n) is 10.1. The average molecular weight is 417 g/mol. The number of amides is 3. The summed E-state index contributed by atoms with van der Waals surface area (Å²) in [5.41, 5.74) is 1.40. The number of nitrogens with zero attached hydrogens (tertiary/aromatic N) is 1. The zero-order chi connectivity index (χ0) is 22.0. The Hall–Kier alpha value is -3.87. The molecule has 3 amide bonds. The summed E-state index contributed by atoms with van der Waals surface area (Å²) in [6, 6.07) is 16.9. The van der Waals surface area contributed by atoms with Crippen LogP contribution in [0.1, 0.15) is 30.1 Å². The first-order valence-corrected chi connectivity index (χ1v) is 10.1. The molecule has 3 N–H and O–H groups in total. The van der Waals surface area contributed by atoms with E-state index in [4.69, 9.17) is 0 Å². The molecule has 0 radical (unpaired) electrons. The minimum Gasteiger partial charge on any atom is -0.506 e. The third-order valence-electron chi connectivity index (χ3n) is 5.42. The molecule has 1 aliphatic heterocycles. The molecule has 0 saturated carbocycles. The Kier molecular flexibility index (Phi) is 5.58. The van der Waals surface area contributed by atoms with Crippen molar-refractivity contribution < 1.29 is 19.5 Å². The van der Waals surface area contributed by atoms with Gasteiger partial charge in [0.25, 0.3) is 5.91 Å². The van der Waals surface area contributed by atoms with Gasteiger partial charge in [0.1, 0.15) is 11.8 Å². The number of carbonyl (C=O) groups excluding carboxylic acids is 3. The van der Waals surface area contributed by atoms with Gasteiger partial charge in [0.05, 0.1) is 5.56 Å². The minimum atomic E-state index is -0.617. The molecule has 4 rings (SSSR count). The van der Waals surface area contributed by atoms with Gasteiger partial charge in [0, 0.05) is 30.2 Å². The summed E-state index contributed by atoms with van der Waals surface area (Å²) < 4.78 is 0. The van der Waals surface area contributed by atoms with Crippen molar-refractivity contribution in [2.75, 3.05) is 17.2 Å². The molecule has 7 heteroatoms. The smallest absolute Gasteiger partial charge is 0.258 e. The maximum absolute atomic E-state index is 13.2. The predicted molar refractivity (Wildman–Crippen MR) is 119 cm³/mol. The molecule has 7 nitrogen and oxygen atoms in total. The molecule has 3 aromatic rings. The summed E-state index contributed by atoms with van der Waals surface area (Å²) in [4.78, 5) is 38.7. The fourth-order valence-electron chi connectivity index (χ4n) is 3.93. The predicted octanol–water partition coefficient (Wildman–Crippen LogP) is 3.75. The molecule has 31 heavy (non-hydrogen) atoms. The highest BCUT2D eigenvalue weighted by Crippen LogP contribution is 2.31. The summed E-state index contributed by atoms with van der Waals surface area (Å²) in [5, 5.41) is 17.6. The Morgan fingerprint density at radius 1 is 0.935 bits per heavy atom. The van der Waals surface area contributed by atoms with E-state index in [1.54, 1.807) is 48.5 Å². The van der Waals surface area contributed by atoms with Crippen molar-refractivity contribution >= 4 is 39.9 Å². The number of carbonyl (C=O) groups is 3. The van der Waals surface area contributed by atoms with Gasteiger partial charge in [0.15, 0.2) is 0 Å². The molecule has 1 heterocycles. The zero-order valence-electron chi connectivity index (χ0n) is 17.1. The maximum atomic E-state index is 13.2. The summed E-state index contributed by atoms with van der Waals surface area (Å²) in [5.74, 6) is -0.878. The Bertz CT molecular complexity index is 1160. The molecular formula is C24H23N3O4. The van der Waals surface area contributed by atoms with Gasteiger partial charge in [-0.05, 0) is 48.6 Å². The molecule has 1 atom stereocenters. The largest absolute Gasteiger partial charge is 0.506 e. The molecule has 0 aromatic heterocycles. The van der Waals surface area contributed by atoms with E-state index in [-0.39, 0.29) is 29.0 Å².